The summed E-state index contributed by atoms with van der Waals surface area (Å²) in [6, 6.07) is 0. The van der Waals surface area contributed by atoms with Gasteiger partial charge in [-0.3, -0.25) is 0 Å². The Balaban J connectivity index is 2.32. The van der Waals surface area contributed by atoms with Crippen LogP contribution in [0.5, 0.6) is 0 Å². The van der Waals surface area contributed by atoms with E-state index in [-0.39, 0.29) is 0 Å². The molecule has 0 amide bonds. The van der Waals surface area contributed by atoms with Crippen LogP contribution in [-0.4, -0.2) is 0 Å². The van der Waals surface area contributed by atoms with Gasteiger partial charge in [0, 0.05) is 0 Å². The van der Waals surface area contributed by atoms with Crippen LogP contribution in [0.3, 0.4) is 0 Å². The summed E-state index contributed by atoms with van der Waals surface area (Å²) < 4.78 is 0. The van der Waals surface area contributed by atoms with Gasteiger partial charge in [-0.1, -0.05) is 24.5 Å². The van der Waals surface area contributed by atoms with E-state index in [1.54, 1.807) is 5.57 Å². The molecule has 0 atom stereocenters. The molecule has 0 nitrogen and oxygen atoms in total. The van der Waals surface area contributed by atoms with Crippen LogP contribution in [0, 0.1) is 0 Å². The second-order valence-electron chi connectivity index (χ2n) is 3.00. The molecule has 0 heterocycles. The SMILES string of the molecule is CC1=CCCCCCC1. The second-order valence-corrected chi connectivity index (χ2v) is 3.00. The van der Waals surface area contributed by atoms with Crippen LogP contribution in [0.15, 0.2) is 11.6 Å². The van der Waals surface area contributed by atoms with Crippen LogP contribution >= 0.6 is 0 Å². The van der Waals surface area contributed by atoms with Crippen molar-refractivity contribution in [2.75, 3.05) is 0 Å². The van der Waals surface area contributed by atoms with Gasteiger partial charge in [0.2, 0.25) is 0 Å². The Kier molecular flexibility index (Phi) is 2.82. The summed E-state index contributed by atoms with van der Waals surface area (Å²) in [5, 5.41) is 0. The molecule has 0 heteroatoms. The maximum absolute atomic E-state index is 2.40. The van der Waals surface area contributed by atoms with Gasteiger partial charge in [0.15, 0.2) is 0 Å². The van der Waals surface area contributed by atoms with Crippen molar-refractivity contribution in [3.05, 3.63) is 11.6 Å². The molecule has 0 spiro atoms. The molecule has 52 valence electrons. The highest BCUT2D eigenvalue weighted by Gasteiger charge is 1.95. The fourth-order valence-corrected chi connectivity index (χ4v) is 1.35. The van der Waals surface area contributed by atoms with Gasteiger partial charge in [0.1, 0.15) is 0 Å². The highest BCUT2D eigenvalue weighted by Crippen LogP contribution is 2.15. The van der Waals surface area contributed by atoms with Gasteiger partial charge in [-0.15, -0.1) is 0 Å². The van der Waals surface area contributed by atoms with Gasteiger partial charge in [-0.25, -0.2) is 0 Å². The molecule has 0 aromatic heterocycles. The fraction of sp³-hybridized carbons (Fsp3) is 0.778. The minimum absolute atomic E-state index is 1.33. The largest absolute Gasteiger partial charge is 0.0856 e. The van der Waals surface area contributed by atoms with Crippen LogP contribution in [-0.2, 0) is 0 Å². The zero-order valence-corrected chi connectivity index (χ0v) is 6.32. The lowest BCUT2D eigenvalue weighted by Gasteiger charge is -2.05. The first-order chi connectivity index (χ1) is 4.39. The average Bonchev–Trinajstić information content (AvgIpc) is 1.79. The van der Waals surface area contributed by atoms with E-state index in [2.05, 4.69) is 13.0 Å². The minimum Gasteiger partial charge on any atom is -0.0856 e. The van der Waals surface area contributed by atoms with Crippen LogP contribution in [0.2, 0.25) is 0 Å². The van der Waals surface area contributed by atoms with Crippen molar-refractivity contribution in [1.82, 2.24) is 0 Å². The normalized spacial score (nSPS) is 22.1. The smallest absolute Gasteiger partial charge is 0.0323 e. The molecule has 0 fully saturated rings. The number of allylic oxidation sites excluding steroid dienone is 2. The Bertz CT molecular complexity index is 101. The van der Waals surface area contributed by atoms with E-state index in [1.165, 1.54) is 38.5 Å². The van der Waals surface area contributed by atoms with Crippen molar-refractivity contribution < 1.29 is 0 Å². The Hall–Kier alpha value is -0.260. The Morgan fingerprint density at radius 1 is 1.11 bits per heavy atom. The summed E-state index contributed by atoms with van der Waals surface area (Å²) in [4.78, 5) is 0. The van der Waals surface area contributed by atoms with E-state index in [1.807, 2.05) is 0 Å². The molecule has 0 saturated carbocycles. The van der Waals surface area contributed by atoms with Crippen molar-refractivity contribution in [1.29, 1.82) is 0 Å². The zero-order chi connectivity index (χ0) is 6.53. The van der Waals surface area contributed by atoms with Gasteiger partial charge < -0.3 is 0 Å². The lowest BCUT2D eigenvalue weighted by atomic mass is 10.0. The molecule has 0 N–H and O–H groups in total. The lowest BCUT2D eigenvalue weighted by Crippen LogP contribution is -1.85. The van der Waals surface area contributed by atoms with Gasteiger partial charge >= 0.3 is 0 Å². The zero-order valence-electron chi connectivity index (χ0n) is 6.32. The van der Waals surface area contributed by atoms with Crippen molar-refractivity contribution >= 4 is 0 Å². The maximum Gasteiger partial charge on any atom is -0.0323 e. The highest BCUT2D eigenvalue weighted by atomic mass is 14.0. The van der Waals surface area contributed by atoms with E-state index in [0.717, 1.165) is 0 Å². The molecule has 1 rings (SSSR count). The van der Waals surface area contributed by atoms with E-state index < -0.39 is 0 Å². The average molecular weight is 124 g/mol. The number of hydrogen-bond acceptors (Lipinski definition) is 0. The number of hydrogen-bond donors (Lipinski definition) is 0. The minimum atomic E-state index is 1.33. The highest BCUT2D eigenvalue weighted by molar-refractivity contribution is 4.98. The second kappa shape index (κ2) is 3.71. The third-order valence-electron chi connectivity index (χ3n) is 2.02. The first-order valence-electron chi connectivity index (χ1n) is 4.05. The molecule has 0 aromatic carbocycles. The maximum atomic E-state index is 2.40. The molecular weight excluding hydrogens is 108 g/mol. The van der Waals surface area contributed by atoms with E-state index in [9.17, 15) is 0 Å². The monoisotopic (exact) mass is 124 g/mol. The predicted molar refractivity (Wildman–Crippen MR) is 41.5 cm³/mol. The van der Waals surface area contributed by atoms with E-state index >= 15 is 0 Å². The third kappa shape index (κ3) is 2.69. The quantitative estimate of drug-likeness (QED) is 0.435. The molecule has 0 saturated heterocycles. The molecule has 9 heavy (non-hydrogen) atoms. The van der Waals surface area contributed by atoms with Gasteiger partial charge in [0.05, 0.1) is 0 Å². The first-order valence-corrected chi connectivity index (χ1v) is 4.05. The van der Waals surface area contributed by atoms with Gasteiger partial charge in [-0.05, 0) is 32.6 Å². The Morgan fingerprint density at radius 2 is 1.89 bits per heavy atom. The van der Waals surface area contributed by atoms with E-state index in [0.29, 0.717) is 0 Å². The summed E-state index contributed by atoms with van der Waals surface area (Å²) >= 11 is 0. The van der Waals surface area contributed by atoms with Crippen molar-refractivity contribution in [2.24, 2.45) is 0 Å². The molecule has 1 aliphatic carbocycles. The van der Waals surface area contributed by atoms with Crippen molar-refractivity contribution in [3.8, 4) is 0 Å². The first kappa shape index (κ1) is 6.85. The van der Waals surface area contributed by atoms with Crippen molar-refractivity contribution in [2.45, 2.75) is 45.4 Å². The molecule has 0 radical (unpaired) electrons. The van der Waals surface area contributed by atoms with Crippen LogP contribution in [0.4, 0.5) is 0 Å². The molecule has 0 aliphatic heterocycles. The Morgan fingerprint density at radius 3 is 2.78 bits per heavy atom. The Labute approximate surface area is 58.0 Å². The summed E-state index contributed by atoms with van der Waals surface area (Å²) in [6.45, 7) is 2.26. The standard InChI is InChI=1S/C9H16/c1-9-7-5-3-2-4-6-8-9/h7H,2-6,8H2,1H3. The summed E-state index contributed by atoms with van der Waals surface area (Å²) in [6.07, 6.45) is 10.8. The topological polar surface area (TPSA) is 0 Å². The fourth-order valence-electron chi connectivity index (χ4n) is 1.35. The summed E-state index contributed by atoms with van der Waals surface area (Å²) in [5.41, 5.74) is 1.61. The molecular formula is C9H16. The third-order valence-corrected chi connectivity index (χ3v) is 2.02. The van der Waals surface area contributed by atoms with Gasteiger partial charge in [-0.2, -0.15) is 0 Å². The molecule has 0 aromatic rings. The summed E-state index contributed by atoms with van der Waals surface area (Å²) in [7, 11) is 0. The number of rotatable bonds is 0. The molecule has 0 bridgehead atoms. The van der Waals surface area contributed by atoms with Crippen LogP contribution in [0.25, 0.3) is 0 Å². The van der Waals surface area contributed by atoms with Crippen molar-refractivity contribution in [3.63, 3.8) is 0 Å². The molecule has 1 aliphatic rings. The van der Waals surface area contributed by atoms with Crippen LogP contribution in [0.1, 0.15) is 45.4 Å². The van der Waals surface area contributed by atoms with E-state index in [4.69, 9.17) is 0 Å². The van der Waals surface area contributed by atoms with Crippen LogP contribution < -0.4 is 0 Å². The molecule has 0 unspecified atom stereocenters. The predicted octanol–water partition coefficient (Wildman–Crippen LogP) is 3.29. The summed E-state index contributed by atoms with van der Waals surface area (Å²) in [5.74, 6) is 0. The van der Waals surface area contributed by atoms with Gasteiger partial charge in [0.25, 0.3) is 0 Å². The lowest BCUT2D eigenvalue weighted by molar-refractivity contribution is 0.625.